The molecule has 1 fully saturated rings. The van der Waals surface area contributed by atoms with Crippen molar-refractivity contribution in [1.29, 1.82) is 0 Å². The first-order chi connectivity index (χ1) is 9.34. The van der Waals surface area contributed by atoms with Crippen molar-refractivity contribution in [2.75, 3.05) is 13.2 Å². The van der Waals surface area contributed by atoms with Crippen molar-refractivity contribution in [3.8, 4) is 16.9 Å². The molecule has 0 saturated carbocycles. The highest BCUT2D eigenvalue weighted by molar-refractivity contribution is 6.22. The molecule has 2 aromatic carbocycles. The number of fused-ring (bicyclic) bond motifs is 3. The van der Waals surface area contributed by atoms with Gasteiger partial charge in [0.2, 0.25) is 0 Å². The second-order valence-electron chi connectivity index (χ2n) is 4.82. The van der Waals surface area contributed by atoms with Gasteiger partial charge in [-0.15, -0.1) is 0 Å². The summed E-state index contributed by atoms with van der Waals surface area (Å²) in [5.41, 5.74) is 3.38. The van der Waals surface area contributed by atoms with Crippen molar-refractivity contribution in [2.24, 2.45) is 0 Å². The molecule has 0 amide bonds. The maximum absolute atomic E-state index is 12.3. The molecule has 0 bridgehead atoms. The lowest BCUT2D eigenvalue weighted by molar-refractivity contribution is 0.104. The Hall–Kier alpha value is -2.13. The number of hydrogen-bond acceptors (Lipinski definition) is 3. The topological polar surface area (TPSA) is 38.8 Å². The Morgan fingerprint density at radius 2 is 1.79 bits per heavy atom. The average Bonchev–Trinajstić information content (AvgIpc) is 3.24. The molecule has 0 N–H and O–H groups in total. The monoisotopic (exact) mass is 252 g/mol. The fourth-order valence-corrected chi connectivity index (χ4v) is 2.51. The van der Waals surface area contributed by atoms with Gasteiger partial charge >= 0.3 is 0 Å². The van der Waals surface area contributed by atoms with Crippen molar-refractivity contribution < 1.29 is 14.3 Å². The summed E-state index contributed by atoms with van der Waals surface area (Å²) in [5, 5.41) is 0. The highest BCUT2D eigenvalue weighted by atomic mass is 16.6. The van der Waals surface area contributed by atoms with Crippen molar-refractivity contribution in [3.05, 3.63) is 53.6 Å². The predicted octanol–water partition coefficient (Wildman–Crippen LogP) is 2.68. The second-order valence-corrected chi connectivity index (χ2v) is 4.82. The first-order valence-corrected chi connectivity index (χ1v) is 6.36. The van der Waals surface area contributed by atoms with E-state index in [4.69, 9.17) is 9.47 Å². The van der Waals surface area contributed by atoms with Crippen molar-refractivity contribution in [2.45, 2.75) is 6.10 Å². The van der Waals surface area contributed by atoms with Crippen molar-refractivity contribution in [3.63, 3.8) is 0 Å². The van der Waals surface area contributed by atoms with Gasteiger partial charge in [-0.05, 0) is 11.6 Å². The zero-order chi connectivity index (χ0) is 12.8. The number of benzene rings is 2. The highest BCUT2D eigenvalue weighted by Crippen LogP contribution is 2.42. The zero-order valence-corrected chi connectivity index (χ0v) is 10.3. The number of ketones is 1. The van der Waals surface area contributed by atoms with Gasteiger partial charge in [0, 0.05) is 16.7 Å². The molecule has 0 radical (unpaired) electrons. The van der Waals surface area contributed by atoms with Crippen molar-refractivity contribution >= 4 is 5.78 Å². The molecule has 19 heavy (non-hydrogen) atoms. The summed E-state index contributed by atoms with van der Waals surface area (Å²) in [6.07, 6.45) is 0.211. The molecular formula is C16H12O3. The van der Waals surface area contributed by atoms with E-state index in [9.17, 15) is 4.79 Å². The first kappa shape index (κ1) is 10.8. The Bertz CT molecular complexity index is 671. The van der Waals surface area contributed by atoms with Crippen LogP contribution in [0.15, 0.2) is 42.5 Å². The number of carbonyl (C=O) groups is 1. The van der Waals surface area contributed by atoms with E-state index in [1.165, 1.54) is 0 Å². The van der Waals surface area contributed by atoms with Crippen LogP contribution >= 0.6 is 0 Å². The van der Waals surface area contributed by atoms with E-state index < -0.39 is 0 Å². The Balaban J connectivity index is 1.82. The molecule has 0 spiro atoms. The number of ether oxygens (including phenoxy) is 2. The standard InChI is InChI=1S/C16H12O3/c17-16-12-5-2-1-4-11(12)15-13(16)6-3-7-14(15)19-9-10-8-18-10/h1-7,10H,8-9H2. The van der Waals surface area contributed by atoms with Crippen LogP contribution in [-0.2, 0) is 4.74 Å². The minimum atomic E-state index is 0.0821. The minimum absolute atomic E-state index is 0.0821. The number of hydrogen-bond donors (Lipinski definition) is 0. The molecule has 1 heterocycles. The second kappa shape index (κ2) is 3.93. The largest absolute Gasteiger partial charge is 0.490 e. The molecule has 2 aromatic rings. The Morgan fingerprint density at radius 1 is 1.05 bits per heavy atom. The van der Waals surface area contributed by atoms with E-state index in [1.54, 1.807) is 0 Å². The van der Waals surface area contributed by atoms with E-state index in [0.29, 0.717) is 6.61 Å². The summed E-state index contributed by atoms with van der Waals surface area (Å²) in [6.45, 7) is 1.32. The lowest BCUT2D eigenvalue weighted by atomic mass is 10.1. The van der Waals surface area contributed by atoms with Crippen LogP contribution < -0.4 is 4.74 Å². The van der Waals surface area contributed by atoms with Crippen LogP contribution in [0.25, 0.3) is 11.1 Å². The van der Waals surface area contributed by atoms with Crippen LogP contribution in [-0.4, -0.2) is 25.1 Å². The third kappa shape index (κ3) is 1.66. The molecule has 0 aromatic heterocycles. The van der Waals surface area contributed by atoms with E-state index in [1.807, 2.05) is 42.5 Å². The van der Waals surface area contributed by atoms with E-state index >= 15 is 0 Å². The summed E-state index contributed by atoms with van der Waals surface area (Å²) in [5.74, 6) is 0.852. The summed E-state index contributed by atoms with van der Waals surface area (Å²) < 4.78 is 10.9. The predicted molar refractivity (Wildman–Crippen MR) is 70.5 cm³/mol. The lowest BCUT2D eigenvalue weighted by Crippen LogP contribution is -2.05. The van der Waals surface area contributed by atoms with Gasteiger partial charge in [0.15, 0.2) is 5.78 Å². The molecular weight excluding hydrogens is 240 g/mol. The summed E-state index contributed by atoms with van der Waals surface area (Å²) in [4.78, 5) is 12.3. The molecule has 1 saturated heterocycles. The van der Waals surface area contributed by atoms with Gasteiger partial charge in [-0.2, -0.15) is 0 Å². The highest BCUT2D eigenvalue weighted by Gasteiger charge is 2.30. The summed E-state index contributed by atoms with van der Waals surface area (Å²) >= 11 is 0. The van der Waals surface area contributed by atoms with Crippen LogP contribution in [0.5, 0.6) is 5.75 Å². The lowest BCUT2D eigenvalue weighted by Gasteiger charge is -2.09. The zero-order valence-electron chi connectivity index (χ0n) is 10.3. The van der Waals surface area contributed by atoms with Gasteiger partial charge in [-0.1, -0.05) is 36.4 Å². The minimum Gasteiger partial charge on any atom is -0.490 e. The van der Waals surface area contributed by atoms with Gasteiger partial charge < -0.3 is 9.47 Å². The fraction of sp³-hybridized carbons (Fsp3) is 0.188. The third-order valence-electron chi connectivity index (χ3n) is 3.54. The quantitative estimate of drug-likeness (QED) is 0.673. The Labute approximate surface area is 110 Å². The first-order valence-electron chi connectivity index (χ1n) is 6.36. The summed E-state index contributed by atoms with van der Waals surface area (Å²) in [6, 6.07) is 13.3. The Kier molecular flexibility index (Phi) is 2.23. The normalized spacial score (nSPS) is 18.9. The number of carbonyl (C=O) groups excluding carboxylic acids is 1. The van der Waals surface area contributed by atoms with Crippen LogP contribution in [0.3, 0.4) is 0 Å². The maximum atomic E-state index is 12.3. The molecule has 1 atom stereocenters. The molecule has 1 aliphatic carbocycles. The molecule has 3 heteroatoms. The molecule has 3 nitrogen and oxygen atoms in total. The van der Waals surface area contributed by atoms with Gasteiger partial charge in [-0.25, -0.2) is 0 Å². The van der Waals surface area contributed by atoms with Crippen LogP contribution in [0, 0.1) is 0 Å². The maximum Gasteiger partial charge on any atom is 0.194 e. The van der Waals surface area contributed by atoms with Gasteiger partial charge in [0.25, 0.3) is 0 Å². The molecule has 94 valence electrons. The van der Waals surface area contributed by atoms with E-state index in [2.05, 4.69) is 0 Å². The fourth-order valence-electron chi connectivity index (χ4n) is 2.51. The smallest absolute Gasteiger partial charge is 0.194 e. The molecule has 4 rings (SSSR count). The summed E-state index contributed by atoms with van der Waals surface area (Å²) in [7, 11) is 0. The van der Waals surface area contributed by atoms with Gasteiger partial charge in [0.1, 0.15) is 18.5 Å². The van der Waals surface area contributed by atoms with Gasteiger partial charge in [0.05, 0.1) is 6.61 Å². The van der Waals surface area contributed by atoms with Crippen molar-refractivity contribution in [1.82, 2.24) is 0 Å². The van der Waals surface area contributed by atoms with Gasteiger partial charge in [-0.3, -0.25) is 4.79 Å². The van der Waals surface area contributed by atoms with E-state index in [-0.39, 0.29) is 11.9 Å². The van der Waals surface area contributed by atoms with Crippen LogP contribution in [0.1, 0.15) is 15.9 Å². The molecule has 2 aliphatic rings. The number of epoxide rings is 1. The van der Waals surface area contributed by atoms with Crippen LogP contribution in [0.2, 0.25) is 0 Å². The third-order valence-corrected chi connectivity index (χ3v) is 3.54. The Morgan fingerprint density at radius 3 is 2.58 bits per heavy atom. The molecule has 1 unspecified atom stereocenters. The SMILES string of the molecule is O=C1c2ccccc2-c2c(OCC3CO3)cccc21. The van der Waals surface area contributed by atoms with E-state index in [0.717, 1.165) is 34.6 Å². The average molecular weight is 252 g/mol. The van der Waals surface area contributed by atoms with Crippen LogP contribution in [0.4, 0.5) is 0 Å². The number of rotatable bonds is 3. The molecule has 1 aliphatic heterocycles.